The van der Waals surface area contributed by atoms with E-state index in [1.165, 1.54) is 6.07 Å². The molecule has 0 saturated heterocycles. The molecule has 17 heavy (non-hydrogen) atoms. The Morgan fingerprint density at radius 1 is 1.41 bits per heavy atom. The summed E-state index contributed by atoms with van der Waals surface area (Å²) >= 11 is 2.18. The number of fused-ring (bicyclic) bond motifs is 1. The molecule has 2 aromatic rings. The molecule has 92 valence electrons. The summed E-state index contributed by atoms with van der Waals surface area (Å²) in [6.07, 6.45) is 1.98. The standard InChI is InChI=1S/C9H7IN2O2S.C2H6/c1-6-5-11(15-10)9-3-2-7(12(13)14)4-8(6)9;1-2/h2-5H,1H3;1-2H3. The van der Waals surface area contributed by atoms with Crippen molar-refractivity contribution < 1.29 is 4.92 Å². The zero-order valence-electron chi connectivity index (χ0n) is 9.81. The molecule has 0 atom stereocenters. The Morgan fingerprint density at radius 3 is 2.59 bits per heavy atom. The van der Waals surface area contributed by atoms with Crippen LogP contribution in [0.3, 0.4) is 0 Å². The Labute approximate surface area is 116 Å². The summed E-state index contributed by atoms with van der Waals surface area (Å²) in [6.45, 7) is 5.95. The van der Waals surface area contributed by atoms with Crippen LogP contribution in [0, 0.1) is 17.0 Å². The molecule has 4 nitrogen and oxygen atoms in total. The van der Waals surface area contributed by atoms with Crippen LogP contribution in [0.2, 0.25) is 0 Å². The Morgan fingerprint density at radius 2 is 2.06 bits per heavy atom. The highest BCUT2D eigenvalue weighted by Gasteiger charge is 2.11. The lowest BCUT2D eigenvalue weighted by Crippen LogP contribution is -1.87. The van der Waals surface area contributed by atoms with Gasteiger partial charge in [0, 0.05) is 54.0 Å². The van der Waals surface area contributed by atoms with Gasteiger partial charge in [-0.3, -0.25) is 14.1 Å². The van der Waals surface area contributed by atoms with Crippen LogP contribution in [0.15, 0.2) is 24.4 Å². The number of aryl methyl sites for hydroxylation is 1. The van der Waals surface area contributed by atoms with Crippen LogP contribution in [0.25, 0.3) is 10.9 Å². The van der Waals surface area contributed by atoms with E-state index < -0.39 is 0 Å². The van der Waals surface area contributed by atoms with Crippen molar-refractivity contribution in [2.24, 2.45) is 0 Å². The molecule has 2 rings (SSSR count). The number of hydrogen-bond donors (Lipinski definition) is 0. The van der Waals surface area contributed by atoms with Crippen molar-refractivity contribution in [1.82, 2.24) is 3.97 Å². The fourth-order valence-electron chi connectivity index (χ4n) is 1.52. The fraction of sp³-hybridized carbons (Fsp3) is 0.273. The van der Waals surface area contributed by atoms with Crippen LogP contribution in [0.4, 0.5) is 5.69 Å². The Kier molecular flexibility index (Phi) is 5.26. The number of rotatable bonds is 2. The SMILES string of the molecule is CC.Cc1cn(SI)c2ccc([N+](=O)[O-])cc12. The minimum atomic E-state index is -0.368. The largest absolute Gasteiger partial charge is 0.282 e. The van der Waals surface area contributed by atoms with Crippen molar-refractivity contribution in [3.8, 4) is 0 Å². The third-order valence-corrected chi connectivity index (χ3v) is 3.96. The van der Waals surface area contributed by atoms with E-state index in [1.54, 1.807) is 21.3 Å². The van der Waals surface area contributed by atoms with Gasteiger partial charge < -0.3 is 0 Å². The van der Waals surface area contributed by atoms with E-state index in [1.807, 2.05) is 30.9 Å². The number of nitro groups is 1. The first-order valence-electron chi connectivity index (χ1n) is 5.18. The van der Waals surface area contributed by atoms with Crippen molar-refractivity contribution in [2.75, 3.05) is 0 Å². The molecule has 0 saturated carbocycles. The lowest BCUT2D eigenvalue weighted by molar-refractivity contribution is -0.384. The van der Waals surface area contributed by atoms with Gasteiger partial charge in [0.1, 0.15) is 0 Å². The Balaban J connectivity index is 0.000000686. The van der Waals surface area contributed by atoms with Crippen molar-refractivity contribution in [3.05, 3.63) is 40.1 Å². The summed E-state index contributed by atoms with van der Waals surface area (Å²) in [7, 11) is 1.55. The molecule has 0 fully saturated rings. The summed E-state index contributed by atoms with van der Waals surface area (Å²) in [5, 5.41) is 11.6. The topological polar surface area (TPSA) is 48.1 Å². The summed E-state index contributed by atoms with van der Waals surface area (Å²) < 4.78 is 1.99. The number of benzene rings is 1. The smallest absolute Gasteiger partial charge is 0.270 e. The summed E-state index contributed by atoms with van der Waals surface area (Å²) in [6, 6.07) is 4.94. The number of nitrogens with zero attached hydrogens (tertiary/aromatic N) is 2. The van der Waals surface area contributed by atoms with E-state index in [0.717, 1.165) is 16.5 Å². The van der Waals surface area contributed by atoms with E-state index in [9.17, 15) is 10.1 Å². The van der Waals surface area contributed by atoms with Crippen LogP contribution in [0.5, 0.6) is 0 Å². The lowest BCUT2D eigenvalue weighted by Gasteiger charge is -1.97. The van der Waals surface area contributed by atoms with Crippen molar-refractivity contribution in [1.29, 1.82) is 0 Å². The highest BCUT2D eigenvalue weighted by molar-refractivity contribution is 14.2. The predicted octanol–water partition coefficient (Wildman–Crippen LogP) is 4.73. The van der Waals surface area contributed by atoms with E-state index in [0.29, 0.717) is 0 Å². The molecule has 0 amide bonds. The normalized spacial score (nSPS) is 9.88. The maximum absolute atomic E-state index is 10.6. The van der Waals surface area contributed by atoms with Gasteiger partial charge in [-0.1, -0.05) is 13.8 Å². The van der Waals surface area contributed by atoms with E-state index in [-0.39, 0.29) is 10.6 Å². The second kappa shape index (κ2) is 6.25. The average molecular weight is 364 g/mol. The number of aromatic nitrogens is 1. The molecule has 1 aromatic carbocycles. The predicted molar refractivity (Wildman–Crippen MR) is 81.7 cm³/mol. The summed E-state index contributed by atoms with van der Waals surface area (Å²) in [5.74, 6) is 0. The first-order chi connectivity index (χ1) is 8.13. The Bertz CT molecular complexity index is 539. The van der Waals surface area contributed by atoms with Crippen LogP contribution in [-0.2, 0) is 0 Å². The zero-order valence-corrected chi connectivity index (χ0v) is 12.8. The van der Waals surface area contributed by atoms with E-state index in [2.05, 4.69) is 21.2 Å². The third kappa shape index (κ3) is 2.92. The molecular formula is C11H13IN2O2S. The molecule has 0 N–H and O–H groups in total. The van der Waals surface area contributed by atoms with Crippen molar-refractivity contribution >= 4 is 46.9 Å². The van der Waals surface area contributed by atoms with Gasteiger partial charge in [0.2, 0.25) is 0 Å². The first kappa shape index (κ1) is 14.3. The fourth-order valence-corrected chi connectivity index (χ4v) is 2.93. The molecule has 0 aliphatic rings. The molecule has 0 radical (unpaired) electrons. The highest BCUT2D eigenvalue weighted by Crippen LogP contribution is 2.30. The maximum atomic E-state index is 10.6. The number of non-ortho nitro benzene ring substituents is 1. The zero-order chi connectivity index (χ0) is 13.0. The Hall–Kier alpha value is -0.760. The second-order valence-electron chi connectivity index (χ2n) is 3.17. The van der Waals surface area contributed by atoms with Gasteiger partial charge in [-0.2, -0.15) is 0 Å². The molecule has 0 unspecified atom stereocenters. The van der Waals surface area contributed by atoms with Crippen molar-refractivity contribution in [2.45, 2.75) is 20.8 Å². The van der Waals surface area contributed by atoms with Gasteiger partial charge in [-0.05, 0) is 18.6 Å². The van der Waals surface area contributed by atoms with Crippen LogP contribution >= 0.6 is 30.3 Å². The van der Waals surface area contributed by atoms with Gasteiger partial charge in [-0.25, -0.2) is 0 Å². The summed E-state index contributed by atoms with van der Waals surface area (Å²) in [4.78, 5) is 10.3. The number of hydrogen-bond acceptors (Lipinski definition) is 3. The molecule has 1 aromatic heterocycles. The molecule has 6 heteroatoms. The van der Waals surface area contributed by atoms with Gasteiger partial charge in [-0.15, -0.1) is 0 Å². The quantitative estimate of drug-likeness (QED) is 0.440. The third-order valence-electron chi connectivity index (χ3n) is 2.24. The van der Waals surface area contributed by atoms with Gasteiger partial charge in [0.25, 0.3) is 5.69 Å². The second-order valence-corrected chi connectivity index (χ2v) is 4.88. The molecule has 0 bridgehead atoms. The monoisotopic (exact) mass is 364 g/mol. The van der Waals surface area contributed by atoms with Crippen LogP contribution in [-0.4, -0.2) is 8.90 Å². The minimum Gasteiger partial charge on any atom is -0.282 e. The van der Waals surface area contributed by atoms with Crippen molar-refractivity contribution in [3.63, 3.8) is 0 Å². The van der Waals surface area contributed by atoms with Crippen LogP contribution in [0.1, 0.15) is 19.4 Å². The van der Waals surface area contributed by atoms with Gasteiger partial charge >= 0.3 is 0 Å². The van der Waals surface area contributed by atoms with E-state index >= 15 is 0 Å². The lowest BCUT2D eigenvalue weighted by atomic mass is 10.2. The first-order valence-corrected chi connectivity index (χ1v) is 8.50. The molecule has 0 spiro atoms. The average Bonchev–Trinajstić information content (AvgIpc) is 2.68. The molecule has 0 aliphatic heterocycles. The molecule has 0 aliphatic carbocycles. The minimum absolute atomic E-state index is 0.141. The van der Waals surface area contributed by atoms with Crippen LogP contribution < -0.4 is 0 Å². The maximum Gasteiger partial charge on any atom is 0.270 e. The summed E-state index contributed by atoms with van der Waals surface area (Å²) in [5.41, 5.74) is 2.21. The highest BCUT2D eigenvalue weighted by atomic mass is 127. The van der Waals surface area contributed by atoms with Gasteiger partial charge in [0.15, 0.2) is 0 Å². The number of halogens is 1. The number of nitro benzene ring substituents is 1. The van der Waals surface area contributed by atoms with E-state index in [4.69, 9.17) is 0 Å². The molecular weight excluding hydrogens is 351 g/mol. The van der Waals surface area contributed by atoms with Gasteiger partial charge in [0.05, 0.1) is 10.4 Å². The molecule has 1 heterocycles.